The Kier molecular flexibility index (Phi) is 6.37. The van der Waals surface area contributed by atoms with Crippen molar-refractivity contribution in [2.75, 3.05) is 11.4 Å². The maximum Gasteiger partial charge on any atom is 0.273 e. The number of nitrogens with zero attached hydrogens (tertiary/aromatic N) is 2. The molecular formula is C22H25ClFN3O3. The maximum absolute atomic E-state index is 13.2. The van der Waals surface area contributed by atoms with Gasteiger partial charge in [0.25, 0.3) is 5.91 Å². The van der Waals surface area contributed by atoms with Crippen LogP contribution in [0.1, 0.15) is 67.1 Å². The van der Waals surface area contributed by atoms with E-state index in [0.29, 0.717) is 29.8 Å². The van der Waals surface area contributed by atoms with Crippen LogP contribution in [0.15, 0.2) is 28.8 Å². The zero-order valence-corrected chi connectivity index (χ0v) is 17.4. The lowest BCUT2D eigenvalue weighted by Crippen LogP contribution is -2.38. The van der Waals surface area contributed by atoms with Gasteiger partial charge in [0.05, 0.1) is 10.7 Å². The van der Waals surface area contributed by atoms with E-state index in [0.717, 1.165) is 57.1 Å². The van der Waals surface area contributed by atoms with Gasteiger partial charge >= 0.3 is 0 Å². The molecule has 0 atom stereocenters. The first-order chi connectivity index (χ1) is 14.5. The molecule has 8 heteroatoms. The number of anilines is 1. The van der Waals surface area contributed by atoms with Crippen molar-refractivity contribution in [2.45, 2.75) is 56.9 Å². The predicted molar refractivity (Wildman–Crippen MR) is 111 cm³/mol. The molecule has 2 amide bonds. The van der Waals surface area contributed by atoms with Crippen LogP contribution in [0, 0.1) is 11.7 Å². The molecule has 2 aromatic rings. The molecular weight excluding hydrogens is 409 g/mol. The summed E-state index contributed by atoms with van der Waals surface area (Å²) in [5.41, 5.74) is 0.879. The van der Waals surface area contributed by atoms with Gasteiger partial charge in [-0.05, 0) is 69.1 Å². The Morgan fingerprint density at radius 3 is 2.67 bits per heavy atom. The highest BCUT2D eigenvalue weighted by atomic mass is 35.5. The molecule has 2 aliphatic carbocycles. The van der Waals surface area contributed by atoms with Crippen molar-refractivity contribution in [1.29, 1.82) is 0 Å². The lowest BCUT2D eigenvalue weighted by Gasteiger charge is -2.30. The minimum Gasteiger partial charge on any atom is -0.360 e. The Labute approximate surface area is 179 Å². The first-order valence-corrected chi connectivity index (χ1v) is 10.9. The Bertz CT molecular complexity index is 907. The lowest BCUT2D eigenvalue weighted by molar-refractivity contribution is -0.107. The van der Waals surface area contributed by atoms with Crippen LogP contribution in [-0.2, 0) is 4.79 Å². The van der Waals surface area contributed by atoms with E-state index in [-0.39, 0.29) is 17.0 Å². The zero-order chi connectivity index (χ0) is 21.1. The molecule has 0 bridgehead atoms. The van der Waals surface area contributed by atoms with Gasteiger partial charge in [0.1, 0.15) is 11.6 Å². The molecule has 0 spiro atoms. The van der Waals surface area contributed by atoms with E-state index in [9.17, 15) is 14.0 Å². The summed E-state index contributed by atoms with van der Waals surface area (Å²) in [5, 5.41) is 7.19. The zero-order valence-electron chi connectivity index (χ0n) is 16.7. The molecule has 1 N–H and O–H groups in total. The van der Waals surface area contributed by atoms with Crippen molar-refractivity contribution in [3.8, 4) is 0 Å². The second-order valence-electron chi connectivity index (χ2n) is 8.26. The number of benzene rings is 1. The van der Waals surface area contributed by atoms with E-state index in [4.69, 9.17) is 16.1 Å². The van der Waals surface area contributed by atoms with Gasteiger partial charge in [0.2, 0.25) is 6.41 Å². The second-order valence-corrected chi connectivity index (χ2v) is 8.67. The number of nitrogens with one attached hydrogen (secondary N) is 1. The summed E-state index contributed by atoms with van der Waals surface area (Å²) in [5.74, 6) is 1.11. The number of hydrogen-bond donors (Lipinski definition) is 1. The molecule has 4 rings (SSSR count). The molecule has 0 radical (unpaired) electrons. The van der Waals surface area contributed by atoms with Crippen LogP contribution in [0.2, 0.25) is 5.02 Å². The molecule has 1 aromatic carbocycles. The topological polar surface area (TPSA) is 75.4 Å². The highest BCUT2D eigenvalue weighted by molar-refractivity contribution is 6.33. The van der Waals surface area contributed by atoms with Crippen LogP contribution in [0.5, 0.6) is 0 Å². The van der Waals surface area contributed by atoms with Crippen LogP contribution < -0.4 is 10.2 Å². The monoisotopic (exact) mass is 433 g/mol. The number of carbonyl (C=O) groups is 2. The quantitative estimate of drug-likeness (QED) is 0.613. The second kappa shape index (κ2) is 9.16. The van der Waals surface area contributed by atoms with Gasteiger partial charge in [0, 0.05) is 24.6 Å². The molecule has 0 unspecified atom stereocenters. The van der Waals surface area contributed by atoms with Crippen molar-refractivity contribution in [3.05, 3.63) is 46.6 Å². The van der Waals surface area contributed by atoms with Crippen molar-refractivity contribution < 1.29 is 18.5 Å². The Morgan fingerprint density at radius 1 is 1.23 bits per heavy atom. The highest BCUT2D eigenvalue weighted by Crippen LogP contribution is 2.40. The van der Waals surface area contributed by atoms with Crippen LogP contribution in [0.3, 0.4) is 0 Å². The average Bonchev–Trinajstić information content (AvgIpc) is 3.47. The van der Waals surface area contributed by atoms with E-state index >= 15 is 0 Å². The fourth-order valence-corrected chi connectivity index (χ4v) is 4.35. The summed E-state index contributed by atoms with van der Waals surface area (Å²) in [6, 6.07) is 5.92. The van der Waals surface area contributed by atoms with Crippen LogP contribution in [0.4, 0.5) is 10.1 Å². The summed E-state index contributed by atoms with van der Waals surface area (Å²) < 4.78 is 18.5. The molecule has 1 aromatic heterocycles. The molecule has 2 fully saturated rings. The number of hydrogen-bond acceptors (Lipinski definition) is 4. The molecule has 30 heavy (non-hydrogen) atoms. The number of halogens is 2. The summed E-state index contributed by atoms with van der Waals surface area (Å²) in [6.07, 6.45) is 7.51. The van der Waals surface area contributed by atoms with Gasteiger partial charge in [-0.25, -0.2) is 4.39 Å². The van der Waals surface area contributed by atoms with Crippen molar-refractivity contribution in [3.63, 3.8) is 0 Å². The van der Waals surface area contributed by atoms with Crippen LogP contribution in [-0.4, -0.2) is 30.1 Å². The number of carbonyl (C=O) groups excluding carboxylic acids is 2. The molecule has 160 valence electrons. The van der Waals surface area contributed by atoms with Gasteiger partial charge in [-0.1, -0.05) is 16.8 Å². The van der Waals surface area contributed by atoms with Gasteiger partial charge in [-0.2, -0.15) is 0 Å². The molecule has 0 aliphatic heterocycles. The third-order valence-corrected chi connectivity index (χ3v) is 6.35. The van der Waals surface area contributed by atoms with E-state index < -0.39 is 5.82 Å². The summed E-state index contributed by atoms with van der Waals surface area (Å²) in [6.45, 7) is 0.527. The summed E-state index contributed by atoms with van der Waals surface area (Å²) in [4.78, 5) is 25.4. The van der Waals surface area contributed by atoms with Crippen LogP contribution in [0.25, 0.3) is 0 Å². The van der Waals surface area contributed by atoms with Crippen molar-refractivity contribution in [1.82, 2.24) is 10.5 Å². The Hall–Kier alpha value is -2.41. The van der Waals surface area contributed by atoms with Gasteiger partial charge in [-0.3, -0.25) is 9.59 Å². The smallest absolute Gasteiger partial charge is 0.273 e. The predicted octanol–water partition coefficient (Wildman–Crippen LogP) is 4.69. The molecule has 2 aliphatic rings. The van der Waals surface area contributed by atoms with E-state index in [1.807, 2.05) is 0 Å². The summed E-state index contributed by atoms with van der Waals surface area (Å²) >= 11 is 6.07. The molecule has 6 nitrogen and oxygen atoms in total. The standard InChI is InChI=1S/C22H25ClFN3O3/c23-18-11-16(24)5-8-20(18)27(13-28)10-9-14-1-6-17(7-2-14)25-22(29)19-12-21(30-26-19)15-3-4-15/h5,8,11-15,17H,1-4,6-7,9-10H2,(H,25,29). The van der Waals surface area contributed by atoms with Gasteiger partial charge < -0.3 is 14.7 Å². The number of amides is 2. The maximum atomic E-state index is 13.2. The highest BCUT2D eigenvalue weighted by Gasteiger charge is 2.30. The van der Waals surface area contributed by atoms with Crippen molar-refractivity contribution in [2.24, 2.45) is 5.92 Å². The van der Waals surface area contributed by atoms with Crippen molar-refractivity contribution >= 4 is 29.6 Å². The van der Waals surface area contributed by atoms with E-state index in [2.05, 4.69) is 10.5 Å². The average molecular weight is 434 g/mol. The van der Waals surface area contributed by atoms with Gasteiger partial charge in [0.15, 0.2) is 5.69 Å². The van der Waals surface area contributed by atoms with E-state index in [1.165, 1.54) is 23.1 Å². The SMILES string of the molecule is O=CN(CCC1CCC(NC(=O)c2cc(C3CC3)on2)CC1)c1ccc(F)cc1Cl. The first-order valence-electron chi connectivity index (χ1n) is 10.5. The normalized spacial score (nSPS) is 21.3. The summed E-state index contributed by atoms with van der Waals surface area (Å²) in [7, 11) is 0. The van der Waals surface area contributed by atoms with Crippen LogP contribution >= 0.6 is 11.6 Å². The fraction of sp³-hybridized carbons (Fsp3) is 0.500. The van der Waals surface area contributed by atoms with E-state index in [1.54, 1.807) is 6.07 Å². The number of aromatic nitrogens is 1. The first kappa shape index (κ1) is 20.8. The molecule has 2 saturated carbocycles. The Balaban J connectivity index is 1.23. The molecule has 1 heterocycles. The minimum atomic E-state index is -0.427. The fourth-order valence-electron chi connectivity index (χ4n) is 4.08. The third kappa shape index (κ3) is 5.01. The largest absolute Gasteiger partial charge is 0.360 e. The third-order valence-electron chi connectivity index (χ3n) is 6.05. The van der Waals surface area contributed by atoms with Gasteiger partial charge in [-0.15, -0.1) is 0 Å². The molecule has 0 saturated heterocycles. The number of rotatable bonds is 8. The lowest BCUT2D eigenvalue weighted by atomic mass is 9.84. The Morgan fingerprint density at radius 2 is 2.00 bits per heavy atom. The minimum absolute atomic E-state index is 0.128.